The van der Waals surface area contributed by atoms with Gasteiger partial charge in [0, 0.05) is 13.1 Å². The third kappa shape index (κ3) is 4.36. The number of benzene rings is 1. The first kappa shape index (κ1) is 16.1. The average Bonchev–Trinajstić information content (AvgIpc) is 2.55. The van der Waals surface area contributed by atoms with E-state index < -0.39 is 0 Å². The number of amides is 1. The van der Waals surface area contributed by atoms with Crippen LogP contribution < -0.4 is 15.9 Å². The number of ether oxygens (including phenoxy) is 2. The van der Waals surface area contributed by atoms with Crippen LogP contribution in [0.1, 0.15) is 12.5 Å². The minimum atomic E-state index is 0.0540. The minimum absolute atomic E-state index is 0.0540. The number of anilines is 1. The third-order valence-corrected chi connectivity index (χ3v) is 3.32. The summed E-state index contributed by atoms with van der Waals surface area (Å²) in [4.78, 5) is 13.9. The summed E-state index contributed by atoms with van der Waals surface area (Å²) in [6.07, 6.45) is 1.55. The topological polar surface area (TPSA) is 89.2 Å². The largest absolute Gasteiger partial charge is 0.492 e. The van der Waals surface area contributed by atoms with Crippen LogP contribution in [0.15, 0.2) is 23.3 Å². The number of carbonyl (C=O) groups is 1. The van der Waals surface area contributed by atoms with Gasteiger partial charge in [-0.25, -0.2) is 0 Å². The van der Waals surface area contributed by atoms with Gasteiger partial charge < -0.3 is 25.5 Å². The van der Waals surface area contributed by atoms with Crippen LogP contribution >= 0.6 is 0 Å². The first-order valence-electron chi connectivity index (χ1n) is 7.34. The molecule has 7 nitrogen and oxygen atoms in total. The highest BCUT2D eigenvalue weighted by Gasteiger charge is 2.16. The first-order valence-corrected chi connectivity index (χ1v) is 7.34. The molecule has 1 aliphatic rings. The zero-order chi connectivity index (χ0) is 15.8. The molecule has 1 aliphatic heterocycles. The second-order valence-corrected chi connectivity index (χ2v) is 4.81. The summed E-state index contributed by atoms with van der Waals surface area (Å²) in [5.74, 6) is 5.89. The number of nitrogens with zero attached hydrogens (tertiary/aromatic N) is 2. The van der Waals surface area contributed by atoms with Gasteiger partial charge >= 0.3 is 0 Å². The van der Waals surface area contributed by atoms with E-state index in [4.69, 9.17) is 15.3 Å². The maximum Gasteiger partial charge on any atom is 0.242 e. The van der Waals surface area contributed by atoms with Crippen molar-refractivity contribution in [2.75, 3.05) is 44.8 Å². The molecule has 1 aromatic carbocycles. The summed E-state index contributed by atoms with van der Waals surface area (Å²) in [5, 5.41) is 6.63. The molecular formula is C15H22N4O3. The predicted octanol–water partition coefficient (Wildman–Crippen LogP) is 0.649. The molecule has 1 amide bonds. The Morgan fingerprint density at radius 1 is 1.50 bits per heavy atom. The fourth-order valence-electron chi connectivity index (χ4n) is 2.22. The van der Waals surface area contributed by atoms with E-state index in [-0.39, 0.29) is 12.5 Å². The van der Waals surface area contributed by atoms with Crippen molar-refractivity contribution in [3.8, 4) is 5.75 Å². The summed E-state index contributed by atoms with van der Waals surface area (Å²) >= 11 is 0. The van der Waals surface area contributed by atoms with Crippen molar-refractivity contribution in [2.24, 2.45) is 10.9 Å². The standard InChI is InChI=1S/C15H22N4O3/c1-2-22-14-9-12(10-18-16)3-4-13(14)17-11-15(20)19-5-7-21-8-6-19/h3-4,9-10,17H,2,5-8,11,16H2,1H3. The first-order chi connectivity index (χ1) is 10.7. The minimum Gasteiger partial charge on any atom is -0.492 e. The van der Waals surface area contributed by atoms with Gasteiger partial charge in [0.1, 0.15) is 5.75 Å². The molecule has 3 N–H and O–H groups in total. The van der Waals surface area contributed by atoms with Crippen molar-refractivity contribution >= 4 is 17.8 Å². The summed E-state index contributed by atoms with van der Waals surface area (Å²) in [7, 11) is 0. The van der Waals surface area contributed by atoms with Crippen LogP contribution in [0, 0.1) is 0 Å². The van der Waals surface area contributed by atoms with Gasteiger partial charge in [0.05, 0.1) is 38.3 Å². The van der Waals surface area contributed by atoms with Crippen molar-refractivity contribution in [1.82, 2.24) is 4.90 Å². The van der Waals surface area contributed by atoms with Crippen LogP contribution in [0.3, 0.4) is 0 Å². The Morgan fingerprint density at radius 3 is 2.95 bits per heavy atom. The lowest BCUT2D eigenvalue weighted by Crippen LogP contribution is -2.43. The number of hydrogen-bond acceptors (Lipinski definition) is 6. The number of rotatable bonds is 6. The third-order valence-electron chi connectivity index (χ3n) is 3.32. The molecule has 7 heteroatoms. The molecule has 0 atom stereocenters. The highest BCUT2D eigenvalue weighted by atomic mass is 16.5. The van der Waals surface area contributed by atoms with Crippen LogP contribution in [-0.2, 0) is 9.53 Å². The van der Waals surface area contributed by atoms with Crippen molar-refractivity contribution in [1.29, 1.82) is 0 Å². The van der Waals surface area contributed by atoms with Gasteiger partial charge in [-0.2, -0.15) is 5.10 Å². The Hall–Kier alpha value is -2.28. The normalized spacial score (nSPS) is 15.0. The molecule has 120 valence electrons. The highest BCUT2D eigenvalue weighted by molar-refractivity contribution is 5.84. The predicted molar refractivity (Wildman–Crippen MR) is 85.3 cm³/mol. The second-order valence-electron chi connectivity index (χ2n) is 4.81. The van der Waals surface area contributed by atoms with E-state index in [1.54, 1.807) is 11.1 Å². The molecule has 0 radical (unpaired) electrons. The lowest BCUT2D eigenvalue weighted by atomic mass is 10.2. The smallest absolute Gasteiger partial charge is 0.242 e. The summed E-state index contributed by atoms with van der Waals surface area (Å²) in [5.41, 5.74) is 1.62. The Labute approximate surface area is 130 Å². The van der Waals surface area contributed by atoms with Gasteiger partial charge in [-0.1, -0.05) is 6.07 Å². The lowest BCUT2D eigenvalue weighted by molar-refractivity contribution is -0.133. The Bertz CT molecular complexity index is 528. The van der Waals surface area contributed by atoms with E-state index in [1.165, 1.54) is 0 Å². The molecule has 0 spiro atoms. The molecule has 1 saturated heterocycles. The molecule has 0 saturated carbocycles. The van der Waals surface area contributed by atoms with Crippen LogP contribution in [0.25, 0.3) is 0 Å². The SMILES string of the molecule is CCOc1cc(C=NN)ccc1NCC(=O)N1CCOCC1. The zero-order valence-corrected chi connectivity index (χ0v) is 12.7. The zero-order valence-electron chi connectivity index (χ0n) is 12.7. The molecule has 0 unspecified atom stereocenters. The van der Waals surface area contributed by atoms with Gasteiger partial charge in [0.15, 0.2) is 0 Å². The highest BCUT2D eigenvalue weighted by Crippen LogP contribution is 2.25. The summed E-state index contributed by atoms with van der Waals surface area (Å²) < 4.78 is 10.8. The molecule has 0 aromatic heterocycles. The number of nitrogens with one attached hydrogen (secondary N) is 1. The van der Waals surface area contributed by atoms with Crippen molar-refractivity contribution in [2.45, 2.75) is 6.92 Å². The average molecular weight is 306 g/mol. The molecule has 1 fully saturated rings. The van der Waals surface area contributed by atoms with Crippen molar-refractivity contribution < 1.29 is 14.3 Å². The Morgan fingerprint density at radius 2 is 2.27 bits per heavy atom. The molecule has 2 rings (SSSR count). The van der Waals surface area contributed by atoms with Crippen LogP contribution in [0.4, 0.5) is 5.69 Å². The maximum atomic E-state index is 12.1. The van der Waals surface area contributed by atoms with E-state index >= 15 is 0 Å². The monoisotopic (exact) mass is 306 g/mol. The fraction of sp³-hybridized carbons (Fsp3) is 0.467. The summed E-state index contributed by atoms with van der Waals surface area (Å²) in [6, 6.07) is 5.55. The number of carbonyl (C=O) groups excluding carboxylic acids is 1. The molecular weight excluding hydrogens is 284 g/mol. The Balaban J connectivity index is 2.00. The van der Waals surface area contributed by atoms with Gasteiger partial charge in [-0.15, -0.1) is 0 Å². The Kier molecular flexibility index (Phi) is 6.02. The quantitative estimate of drug-likeness (QED) is 0.457. The lowest BCUT2D eigenvalue weighted by Gasteiger charge is -2.27. The van der Waals surface area contributed by atoms with Gasteiger partial charge in [-0.05, 0) is 24.6 Å². The van der Waals surface area contributed by atoms with E-state index in [1.807, 2.05) is 25.1 Å². The maximum absolute atomic E-state index is 12.1. The molecule has 1 heterocycles. The van der Waals surface area contributed by atoms with Crippen molar-refractivity contribution in [3.05, 3.63) is 23.8 Å². The van der Waals surface area contributed by atoms with E-state index in [0.29, 0.717) is 38.7 Å². The van der Waals surface area contributed by atoms with E-state index in [9.17, 15) is 4.79 Å². The van der Waals surface area contributed by atoms with Gasteiger partial charge in [0.2, 0.25) is 5.91 Å². The number of hydrazone groups is 1. The van der Waals surface area contributed by atoms with Gasteiger partial charge in [-0.3, -0.25) is 4.79 Å². The molecule has 1 aromatic rings. The van der Waals surface area contributed by atoms with Crippen LogP contribution in [0.2, 0.25) is 0 Å². The molecule has 0 aliphatic carbocycles. The van der Waals surface area contributed by atoms with Crippen molar-refractivity contribution in [3.63, 3.8) is 0 Å². The fourth-order valence-corrected chi connectivity index (χ4v) is 2.22. The van der Waals surface area contributed by atoms with E-state index in [0.717, 1.165) is 11.3 Å². The number of hydrogen-bond donors (Lipinski definition) is 2. The van der Waals surface area contributed by atoms with E-state index in [2.05, 4.69) is 10.4 Å². The molecule has 22 heavy (non-hydrogen) atoms. The number of nitrogens with two attached hydrogens (primary N) is 1. The molecule has 0 bridgehead atoms. The van der Waals surface area contributed by atoms with Crippen LogP contribution in [0.5, 0.6) is 5.75 Å². The number of morpholine rings is 1. The summed E-state index contributed by atoms with van der Waals surface area (Å²) in [6.45, 7) is 5.16. The van der Waals surface area contributed by atoms with Gasteiger partial charge in [0.25, 0.3) is 0 Å². The second kappa shape index (κ2) is 8.23. The van der Waals surface area contributed by atoms with Crippen LogP contribution in [-0.4, -0.2) is 56.5 Å².